The Morgan fingerprint density at radius 3 is 0.870 bits per heavy atom. The molecule has 0 saturated heterocycles. The Balaban J connectivity index is 4.25. The number of esters is 3. The molecule has 0 saturated carbocycles. The van der Waals surface area contributed by atoms with Gasteiger partial charge in [-0.05, 0) is 19.3 Å². The van der Waals surface area contributed by atoms with E-state index in [1.807, 2.05) is 0 Å². The van der Waals surface area contributed by atoms with Crippen molar-refractivity contribution in [1.82, 2.24) is 0 Å². The summed E-state index contributed by atoms with van der Waals surface area (Å²) in [6.45, 7) is 6.54. The maximum Gasteiger partial charge on any atom is 0.306 e. The van der Waals surface area contributed by atoms with Crippen LogP contribution in [0.1, 0.15) is 220 Å². The van der Waals surface area contributed by atoms with Crippen molar-refractivity contribution in [2.24, 2.45) is 0 Å². The van der Waals surface area contributed by atoms with Crippen LogP contribution in [0.25, 0.3) is 0 Å². The second-order valence-corrected chi connectivity index (χ2v) is 13.6. The lowest BCUT2D eigenvalue weighted by Gasteiger charge is -2.18. The Morgan fingerprint density at radius 2 is 0.587 bits per heavy atom. The van der Waals surface area contributed by atoms with Crippen molar-refractivity contribution in [3.8, 4) is 0 Å². The van der Waals surface area contributed by atoms with Gasteiger partial charge in [-0.25, -0.2) is 0 Å². The summed E-state index contributed by atoms with van der Waals surface area (Å²) < 4.78 is 16.5. The standard InChI is InChI=1S/C40H76O6/c1-4-7-10-13-15-17-19-21-22-24-27-30-33-39(42)45-36-37(35-44-38(41)32-29-26-12-9-6-3)46-40(43)34-31-28-25-23-20-18-16-14-11-8-5-2/h37H,4-36H2,1-3H3/t37-/m1/s1. The highest BCUT2D eigenvalue weighted by molar-refractivity contribution is 5.71. The fourth-order valence-electron chi connectivity index (χ4n) is 5.79. The lowest BCUT2D eigenvalue weighted by molar-refractivity contribution is -0.167. The topological polar surface area (TPSA) is 78.9 Å². The number of rotatable bonds is 36. The van der Waals surface area contributed by atoms with Crippen LogP contribution >= 0.6 is 0 Å². The van der Waals surface area contributed by atoms with E-state index in [1.54, 1.807) is 0 Å². The summed E-state index contributed by atoms with van der Waals surface area (Å²) in [5, 5.41) is 0. The van der Waals surface area contributed by atoms with Crippen molar-refractivity contribution in [3.63, 3.8) is 0 Å². The summed E-state index contributed by atoms with van der Waals surface area (Å²) in [6, 6.07) is 0. The second-order valence-electron chi connectivity index (χ2n) is 13.6. The summed E-state index contributed by atoms with van der Waals surface area (Å²) >= 11 is 0. The fourth-order valence-corrected chi connectivity index (χ4v) is 5.79. The van der Waals surface area contributed by atoms with Crippen molar-refractivity contribution in [3.05, 3.63) is 0 Å². The summed E-state index contributed by atoms with van der Waals surface area (Å²) in [4.78, 5) is 37.2. The Hall–Kier alpha value is -1.59. The fraction of sp³-hybridized carbons (Fsp3) is 0.925. The SMILES string of the molecule is CCCCCCCCCCCCCCC(=O)OC[C@@H](COC(=O)CCCCCCC)OC(=O)CCCCCCCCCCCCC. The van der Waals surface area contributed by atoms with Gasteiger partial charge in [0.1, 0.15) is 13.2 Å². The molecular weight excluding hydrogens is 576 g/mol. The molecule has 46 heavy (non-hydrogen) atoms. The average molecular weight is 653 g/mol. The highest BCUT2D eigenvalue weighted by Crippen LogP contribution is 2.15. The maximum absolute atomic E-state index is 12.6. The Bertz CT molecular complexity index is 679. The summed E-state index contributed by atoms with van der Waals surface area (Å²) in [7, 11) is 0. The Morgan fingerprint density at radius 1 is 0.348 bits per heavy atom. The lowest BCUT2D eigenvalue weighted by Crippen LogP contribution is -2.30. The number of hydrogen-bond donors (Lipinski definition) is 0. The number of carbonyl (C=O) groups excluding carboxylic acids is 3. The van der Waals surface area contributed by atoms with Crippen molar-refractivity contribution < 1.29 is 28.6 Å². The van der Waals surface area contributed by atoms with Crippen LogP contribution in [0.15, 0.2) is 0 Å². The second kappa shape index (κ2) is 36.2. The minimum atomic E-state index is -0.754. The highest BCUT2D eigenvalue weighted by atomic mass is 16.6. The van der Waals surface area contributed by atoms with Crippen LogP contribution in [0, 0.1) is 0 Å². The molecule has 272 valence electrons. The van der Waals surface area contributed by atoms with Gasteiger partial charge in [-0.3, -0.25) is 14.4 Å². The molecule has 0 fully saturated rings. The van der Waals surface area contributed by atoms with Crippen LogP contribution in [0.4, 0.5) is 0 Å². The van der Waals surface area contributed by atoms with E-state index in [4.69, 9.17) is 14.2 Å². The maximum atomic E-state index is 12.6. The smallest absolute Gasteiger partial charge is 0.306 e. The normalized spacial score (nSPS) is 11.8. The van der Waals surface area contributed by atoms with Crippen molar-refractivity contribution in [2.45, 2.75) is 226 Å². The number of unbranched alkanes of at least 4 members (excludes halogenated alkanes) is 25. The van der Waals surface area contributed by atoms with Gasteiger partial charge >= 0.3 is 17.9 Å². The molecule has 0 aromatic carbocycles. The molecule has 0 aromatic rings. The molecule has 0 heterocycles. The largest absolute Gasteiger partial charge is 0.462 e. The molecule has 0 N–H and O–H groups in total. The van der Waals surface area contributed by atoms with E-state index in [1.165, 1.54) is 116 Å². The molecule has 0 bridgehead atoms. The molecule has 0 spiro atoms. The zero-order chi connectivity index (χ0) is 33.8. The predicted octanol–water partition coefficient (Wildman–Crippen LogP) is 12.1. The molecule has 6 nitrogen and oxygen atoms in total. The molecule has 0 radical (unpaired) electrons. The molecule has 0 unspecified atom stereocenters. The van der Waals surface area contributed by atoms with E-state index in [-0.39, 0.29) is 31.1 Å². The van der Waals surface area contributed by atoms with Gasteiger partial charge in [0.25, 0.3) is 0 Å². The van der Waals surface area contributed by atoms with Crippen LogP contribution in [-0.2, 0) is 28.6 Å². The first-order chi connectivity index (χ1) is 22.5. The predicted molar refractivity (Wildman–Crippen MR) is 192 cm³/mol. The first-order valence-corrected chi connectivity index (χ1v) is 20.0. The zero-order valence-electron chi connectivity index (χ0n) is 30.9. The number of ether oxygens (including phenoxy) is 3. The molecule has 0 rings (SSSR count). The quantitative estimate of drug-likeness (QED) is 0.0381. The monoisotopic (exact) mass is 653 g/mol. The Labute approximate surface area is 285 Å². The van der Waals surface area contributed by atoms with Crippen LogP contribution in [-0.4, -0.2) is 37.2 Å². The Kier molecular flexibility index (Phi) is 35.0. The van der Waals surface area contributed by atoms with Gasteiger partial charge in [-0.15, -0.1) is 0 Å². The molecule has 0 aliphatic carbocycles. The van der Waals surface area contributed by atoms with Crippen molar-refractivity contribution >= 4 is 17.9 Å². The average Bonchev–Trinajstić information content (AvgIpc) is 3.05. The molecule has 0 aromatic heterocycles. The summed E-state index contributed by atoms with van der Waals surface area (Å²) in [5.41, 5.74) is 0. The van der Waals surface area contributed by atoms with Crippen molar-refractivity contribution in [1.29, 1.82) is 0 Å². The van der Waals surface area contributed by atoms with Gasteiger partial charge < -0.3 is 14.2 Å². The van der Waals surface area contributed by atoms with E-state index >= 15 is 0 Å². The van der Waals surface area contributed by atoms with Gasteiger partial charge in [0.05, 0.1) is 0 Å². The minimum absolute atomic E-state index is 0.0646. The molecule has 6 heteroatoms. The van der Waals surface area contributed by atoms with E-state index in [9.17, 15) is 14.4 Å². The number of hydrogen-bond acceptors (Lipinski definition) is 6. The molecular formula is C40H76O6. The van der Waals surface area contributed by atoms with E-state index < -0.39 is 6.10 Å². The van der Waals surface area contributed by atoms with Gasteiger partial charge in [-0.1, -0.05) is 181 Å². The van der Waals surface area contributed by atoms with Gasteiger partial charge in [0.15, 0.2) is 6.10 Å². The molecule has 1 atom stereocenters. The first-order valence-electron chi connectivity index (χ1n) is 20.0. The third kappa shape index (κ3) is 33.8. The highest BCUT2D eigenvalue weighted by Gasteiger charge is 2.19. The minimum Gasteiger partial charge on any atom is -0.462 e. The molecule has 0 aliphatic rings. The summed E-state index contributed by atoms with van der Waals surface area (Å²) in [5.74, 6) is -0.875. The van der Waals surface area contributed by atoms with Crippen LogP contribution in [0.5, 0.6) is 0 Å². The third-order valence-corrected chi connectivity index (χ3v) is 8.86. The zero-order valence-corrected chi connectivity index (χ0v) is 30.9. The van der Waals surface area contributed by atoms with Crippen LogP contribution in [0.3, 0.4) is 0 Å². The third-order valence-electron chi connectivity index (χ3n) is 8.86. The van der Waals surface area contributed by atoms with Gasteiger partial charge in [0, 0.05) is 19.3 Å². The van der Waals surface area contributed by atoms with E-state index in [2.05, 4.69) is 20.8 Å². The molecule has 0 amide bonds. The summed E-state index contributed by atoms with van der Waals surface area (Å²) in [6.07, 6.45) is 33.9. The van der Waals surface area contributed by atoms with Crippen molar-refractivity contribution in [2.75, 3.05) is 13.2 Å². The lowest BCUT2D eigenvalue weighted by atomic mass is 10.0. The number of carbonyl (C=O) groups is 3. The van der Waals surface area contributed by atoms with Gasteiger partial charge in [-0.2, -0.15) is 0 Å². The van der Waals surface area contributed by atoms with E-state index in [0.717, 1.165) is 64.2 Å². The van der Waals surface area contributed by atoms with E-state index in [0.29, 0.717) is 19.3 Å². The first kappa shape index (κ1) is 44.4. The van der Waals surface area contributed by atoms with Crippen LogP contribution in [0.2, 0.25) is 0 Å². The van der Waals surface area contributed by atoms with Gasteiger partial charge in [0.2, 0.25) is 0 Å². The van der Waals surface area contributed by atoms with Crippen LogP contribution < -0.4 is 0 Å². The molecule has 0 aliphatic heterocycles.